The molecule has 108 valence electrons. The van der Waals surface area contributed by atoms with Crippen molar-refractivity contribution in [3.05, 3.63) is 11.6 Å². The van der Waals surface area contributed by atoms with E-state index in [1.165, 1.54) is 14.2 Å². The summed E-state index contributed by atoms with van der Waals surface area (Å²) in [5, 5.41) is 0. The molecule has 0 aliphatic carbocycles. The number of ether oxygens (including phenoxy) is 3. The van der Waals surface area contributed by atoms with Crippen molar-refractivity contribution in [2.75, 3.05) is 40.5 Å². The van der Waals surface area contributed by atoms with Crippen LogP contribution in [0.1, 0.15) is 13.8 Å². The third-order valence-corrected chi connectivity index (χ3v) is 3.13. The smallest absolute Gasteiger partial charge is 0.345 e. The monoisotopic (exact) mass is 271 g/mol. The lowest BCUT2D eigenvalue weighted by Gasteiger charge is -2.39. The second-order valence-electron chi connectivity index (χ2n) is 4.79. The lowest BCUT2D eigenvalue weighted by molar-refractivity contribution is -0.144. The predicted molar refractivity (Wildman–Crippen MR) is 68.6 cm³/mol. The van der Waals surface area contributed by atoms with E-state index in [4.69, 9.17) is 4.74 Å². The van der Waals surface area contributed by atoms with E-state index in [2.05, 4.69) is 14.4 Å². The van der Waals surface area contributed by atoms with Gasteiger partial charge in [-0.25, -0.2) is 9.59 Å². The predicted octanol–water partition coefficient (Wildman–Crippen LogP) is 0.370. The Bertz CT molecular complexity index is 351. The minimum Gasteiger partial charge on any atom is -0.465 e. The molecule has 0 unspecified atom stereocenters. The van der Waals surface area contributed by atoms with Gasteiger partial charge in [0.2, 0.25) is 0 Å². The van der Waals surface area contributed by atoms with E-state index in [1.807, 2.05) is 13.8 Å². The highest BCUT2D eigenvalue weighted by Crippen LogP contribution is 2.20. The summed E-state index contributed by atoms with van der Waals surface area (Å²) in [5.74, 6) is -1.37. The van der Waals surface area contributed by atoms with Crippen molar-refractivity contribution >= 4 is 11.9 Å². The van der Waals surface area contributed by atoms with Crippen molar-refractivity contribution < 1.29 is 23.8 Å². The molecule has 0 aromatic rings. The number of methoxy groups -OCH3 is 2. The van der Waals surface area contributed by atoms with Crippen molar-refractivity contribution in [3.63, 3.8) is 0 Å². The average molecular weight is 271 g/mol. The van der Waals surface area contributed by atoms with E-state index in [9.17, 15) is 9.59 Å². The average Bonchev–Trinajstić information content (AvgIpc) is 2.44. The van der Waals surface area contributed by atoms with Crippen LogP contribution in [0, 0.1) is 0 Å². The zero-order valence-electron chi connectivity index (χ0n) is 11.9. The normalized spacial score (nSPS) is 16.6. The summed E-state index contributed by atoms with van der Waals surface area (Å²) in [5.41, 5.74) is -0.539. The molecule has 19 heavy (non-hydrogen) atoms. The van der Waals surface area contributed by atoms with Crippen LogP contribution in [0.2, 0.25) is 0 Å². The second kappa shape index (κ2) is 6.68. The largest absolute Gasteiger partial charge is 0.465 e. The maximum Gasteiger partial charge on any atom is 0.345 e. The number of nitrogens with zero attached hydrogens (tertiary/aromatic N) is 1. The number of hydrogen-bond acceptors (Lipinski definition) is 6. The topological polar surface area (TPSA) is 65.1 Å². The number of hydrogen-bond donors (Lipinski definition) is 0. The molecule has 1 heterocycles. The van der Waals surface area contributed by atoms with Crippen LogP contribution < -0.4 is 0 Å². The molecule has 0 amide bonds. The molecule has 0 atom stereocenters. The summed E-state index contributed by atoms with van der Waals surface area (Å²) >= 11 is 0. The van der Waals surface area contributed by atoms with Gasteiger partial charge in [-0.3, -0.25) is 4.90 Å². The summed E-state index contributed by atoms with van der Waals surface area (Å²) < 4.78 is 14.5. The number of carbonyl (C=O) groups is 2. The van der Waals surface area contributed by atoms with Gasteiger partial charge in [-0.2, -0.15) is 0 Å². The van der Waals surface area contributed by atoms with Crippen LogP contribution in [-0.2, 0) is 23.8 Å². The van der Waals surface area contributed by atoms with Gasteiger partial charge in [0.25, 0.3) is 0 Å². The zero-order valence-corrected chi connectivity index (χ0v) is 11.9. The lowest BCUT2D eigenvalue weighted by Crippen LogP contribution is -2.49. The molecule has 0 spiro atoms. The van der Waals surface area contributed by atoms with E-state index < -0.39 is 17.5 Å². The van der Waals surface area contributed by atoms with E-state index in [0.29, 0.717) is 13.2 Å². The fourth-order valence-corrected chi connectivity index (χ4v) is 2.01. The quantitative estimate of drug-likeness (QED) is 0.318. The Kier molecular flexibility index (Phi) is 5.50. The fraction of sp³-hybridized carbons (Fsp3) is 0.692. The molecule has 1 aliphatic rings. The van der Waals surface area contributed by atoms with Crippen LogP contribution in [-0.4, -0.2) is 62.9 Å². The van der Waals surface area contributed by atoms with Crippen LogP contribution in [0.25, 0.3) is 0 Å². The van der Waals surface area contributed by atoms with Crippen molar-refractivity contribution in [2.24, 2.45) is 0 Å². The van der Waals surface area contributed by atoms with Crippen LogP contribution in [0.3, 0.4) is 0 Å². The molecule has 0 aromatic heterocycles. The molecule has 6 heteroatoms. The molecule has 1 fully saturated rings. The summed E-state index contributed by atoms with van der Waals surface area (Å²) in [6.45, 7) is 6.65. The number of morpholine rings is 1. The van der Waals surface area contributed by atoms with Gasteiger partial charge in [0.15, 0.2) is 0 Å². The molecule has 1 saturated heterocycles. The van der Waals surface area contributed by atoms with E-state index in [-0.39, 0.29) is 5.57 Å². The molecular weight excluding hydrogens is 250 g/mol. The summed E-state index contributed by atoms with van der Waals surface area (Å²) in [6.07, 6.45) is 1.59. The van der Waals surface area contributed by atoms with Crippen molar-refractivity contribution in [2.45, 2.75) is 19.4 Å². The molecule has 1 rings (SSSR count). The number of carbonyl (C=O) groups excluding carboxylic acids is 2. The van der Waals surface area contributed by atoms with Gasteiger partial charge in [-0.15, -0.1) is 0 Å². The SMILES string of the molecule is COC(=O)C(=CC(C)(C)N1CCOCC1)C(=O)OC. The molecule has 0 aromatic carbocycles. The molecule has 1 aliphatic heterocycles. The molecule has 0 bridgehead atoms. The van der Waals surface area contributed by atoms with Crippen molar-refractivity contribution in [1.29, 1.82) is 0 Å². The van der Waals surface area contributed by atoms with E-state index in [0.717, 1.165) is 13.1 Å². The van der Waals surface area contributed by atoms with Crippen LogP contribution in [0.4, 0.5) is 0 Å². The van der Waals surface area contributed by atoms with Crippen molar-refractivity contribution in [1.82, 2.24) is 4.90 Å². The van der Waals surface area contributed by atoms with Gasteiger partial charge in [0.1, 0.15) is 5.57 Å². The Hall–Kier alpha value is -1.40. The number of rotatable bonds is 4. The first-order valence-corrected chi connectivity index (χ1v) is 6.14. The molecule has 0 radical (unpaired) electrons. The highest BCUT2D eigenvalue weighted by atomic mass is 16.5. The van der Waals surface area contributed by atoms with Gasteiger partial charge in [-0.05, 0) is 19.9 Å². The minimum atomic E-state index is -0.687. The van der Waals surface area contributed by atoms with E-state index >= 15 is 0 Å². The first-order valence-electron chi connectivity index (χ1n) is 6.14. The van der Waals surface area contributed by atoms with Crippen molar-refractivity contribution in [3.8, 4) is 0 Å². The number of esters is 2. The zero-order chi connectivity index (χ0) is 14.5. The Labute approximate surface area is 113 Å². The summed E-state index contributed by atoms with van der Waals surface area (Å²) in [6, 6.07) is 0. The van der Waals surface area contributed by atoms with E-state index in [1.54, 1.807) is 6.08 Å². The standard InChI is InChI=1S/C13H21NO5/c1-13(2,14-5-7-19-8-6-14)9-10(11(15)17-3)12(16)18-4/h9H,5-8H2,1-4H3. The third-order valence-electron chi connectivity index (χ3n) is 3.13. The first kappa shape index (κ1) is 15.7. The molecular formula is C13H21NO5. The highest BCUT2D eigenvalue weighted by Gasteiger charge is 2.30. The molecule has 6 nitrogen and oxygen atoms in total. The Morgan fingerprint density at radius 1 is 1.11 bits per heavy atom. The fourth-order valence-electron chi connectivity index (χ4n) is 2.01. The minimum absolute atomic E-state index is 0.0820. The Morgan fingerprint density at radius 2 is 1.58 bits per heavy atom. The van der Waals surface area contributed by atoms with Crippen LogP contribution in [0.15, 0.2) is 11.6 Å². The highest BCUT2D eigenvalue weighted by molar-refractivity contribution is 6.14. The molecule has 0 N–H and O–H groups in total. The summed E-state index contributed by atoms with van der Waals surface area (Å²) in [7, 11) is 2.47. The first-order chi connectivity index (χ1) is 8.92. The van der Waals surface area contributed by atoms with Gasteiger partial charge < -0.3 is 14.2 Å². The van der Waals surface area contributed by atoms with Crippen LogP contribution in [0.5, 0.6) is 0 Å². The molecule has 0 saturated carbocycles. The van der Waals surface area contributed by atoms with Crippen LogP contribution >= 0.6 is 0 Å². The lowest BCUT2D eigenvalue weighted by atomic mass is 9.98. The third kappa shape index (κ3) is 4.04. The van der Waals surface area contributed by atoms with Gasteiger partial charge in [0, 0.05) is 18.6 Å². The Morgan fingerprint density at radius 3 is 2.00 bits per heavy atom. The van der Waals surface area contributed by atoms with Gasteiger partial charge in [0.05, 0.1) is 27.4 Å². The second-order valence-corrected chi connectivity index (χ2v) is 4.79. The van der Waals surface area contributed by atoms with Gasteiger partial charge >= 0.3 is 11.9 Å². The maximum atomic E-state index is 11.6. The Balaban J connectivity index is 2.97. The van der Waals surface area contributed by atoms with Gasteiger partial charge in [-0.1, -0.05) is 0 Å². The summed E-state index contributed by atoms with van der Waals surface area (Å²) in [4.78, 5) is 25.4. The maximum absolute atomic E-state index is 11.6.